The molecule has 4 N–H and O–H groups in total. The minimum atomic E-state index is -2.88. The topological polar surface area (TPSA) is 276 Å². The predicted octanol–water partition coefficient (Wildman–Crippen LogP) is 6.58. The highest BCUT2D eigenvalue weighted by atomic mass is 28.4. The van der Waals surface area contributed by atoms with Gasteiger partial charge in [-0.25, -0.2) is 0 Å². The lowest BCUT2D eigenvalue weighted by molar-refractivity contribution is -0.157. The Bertz CT molecular complexity index is 2550. The van der Waals surface area contributed by atoms with Crippen molar-refractivity contribution in [3.8, 4) is 0 Å². The standard InChI is InChI=1S/C69H128N10O13Si/c1-31-49-64(87)73(22)48(18)63(86)74(23)51(33-39(4)5)60(83)72-55(42(10)11)67(90)75(24)50(32-38(2)3)59(82)70-47(17)54(81)37-45(15)62(85)76(25)52(34-40(6)7)65(88)77(26)53(35-41(8)9)66(89)78(27)56(43(12)13)68(91)79(28)57(61(84)71-49)58(44(14)36-46(16)80)92-93(29,30)69(19,20)21/h38-53,55-58,80H,31-37H2,1-30H3,(H,70,82)(H,71,84)(H,72,83)/t44-,45-,46?,47-,48-,49-,50-,51+,52-,53-,55-,56-,57-,58-/m1/s1. The Kier molecular flexibility index (Phi) is 33.6. The molecule has 93 heavy (non-hydrogen) atoms. The average molecular weight is 1330 g/mol. The second-order valence-corrected chi connectivity index (χ2v) is 35.7. The Morgan fingerprint density at radius 2 is 0.882 bits per heavy atom. The quantitative estimate of drug-likeness (QED) is 0.112. The summed E-state index contributed by atoms with van der Waals surface area (Å²) < 4.78 is 7.21. The first kappa shape index (κ1) is 85.5. The summed E-state index contributed by atoms with van der Waals surface area (Å²) in [5.41, 5.74) is 0. The molecule has 0 spiro atoms. The Morgan fingerprint density at radius 1 is 0.484 bits per heavy atom. The Morgan fingerprint density at radius 3 is 1.29 bits per heavy atom. The van der Waals surface area contributed by atoms with Crippen LogP contribution in [0, 0.1) is 47.3 Å². The molecule has 1 aliphatic heterocycles. The van der Waals surface area contributed by atoms with Crippen LogP contribution in [0.1, 0.15) is 190 Å². The third-order valence-electron chi connectivity index (χ3n) is 19.0. The number of Topliss-reactive ketones (excluding diaryl/α,β-unsaturated/α-hetero) is 1. The summed E-state index contributed by atoms with van der Waals surface area (Å²) >= 11 is 0. The fourth-order valence-electron chi connectivity index (χ4n) is 12.0. The van der Waals surface area contributed by atoms with Gasteiger partial charge in [0, 0.05) is 61.7 Å². The minimum absolute atomic E-state index is 0.0254. The van der Waals surface area contributed by atoms with Gasteiger partial charge in [0.2, 0.25) is 59.1 Å². The van der Waals surface area contributed by atoms with E-state index < -0.39 is 175 Å². The van der Waals surface area contributed by atoms with Gasteiger partial charge in [-0.05, 0) is 119 Å². The van der Waals surface area contributed by atoms with Crippen molar-refractivity contribution < 1.29 is 62.3 Å². The van der Waals surface area contributed by atoms with Gasteiger partial charge in [0.15, 0.2) is 14.1 Å². The highest BCUT2D eigenvalue weighted by Gasteiger charge is 2.50. The molecule has 1 fully saturated rings. The van der Waals surface area contributed by atoms with Crippen molar-refractivity contribution >= 4 is 73.2 Å². The van der Waals surface area contributed by atoms with E-state index >= 15 is 19.2 Å². The molecule has 0 aliphatic carbocycles. The van der Waals surface area contributed by atoms with Crippen molar-refractivity contribution in [2.45, 2.75) is 281 Å². The van der Waals surface area contributed by atoms with Crippen LogP contribution in [0.2, 0.25) is 18.1 Å². The Hall–Kier alpha value is -5.49. The molecule has 0 aromatic rings. The van der Waals surface area contributed by atoms with Crippen molar-refractivity contribution in [2.75, 3.05) is 49.3 Å². The fraction of sp³-hybridized carbons (Fsp3) is 0.841. The molecule has 1 saturated heterocycles. The number of rotatable bonds is 17. The lowest BCUT2D eigenvalue weighted by Gasteiger charge is -2.46. The van der Waals surface area contributed by atoms with Crippen molar-refractivity contribution in [1.82, 2.24) is 50.2 Å². The van der Waals surface area contributed by atoms with Gasteiger partial charge in [-0.3, -0.25) is 52.7 Å². The molecule has 14 atom stereocenters. The first-order chi connectivity index (χ1) is 42.4. The second-order valence-electron chi connectivity index (χ2n) is 30.9. The van der Waals surface area contributed by atoms with Gasteiger partial charge >= 0.3 is 0 Å². The zero-order valence-corrected chi connectivity index (χ0v) is 64.0. The Balaban J connectivity index is 4.61. The van der Waals surface area contributed by atoms with Crippen LogP contribution in [0.25, 0.3) is 0 Å². The zero-order valence-electron chi connectivity index (χ0n) is 63.0. The zero-order chi connectivity index (χ0) is 72.7. The van der Waals surface area contributed by atoms with Crippen LogP contribution in [-0.2, 0) is 57.2 Å². The maximum atomic E-state index is 15.8. The number of ketones is 1. The first-order valence-corrected chi connectivity index (χ1v) is 37.0. The van der Waals surface area contributed by atoms with Gasteiger partial charge in [0.1, 0.15) is 54.4 Å². The summed E-state index contributed by atoms with van der Waals surface area (Å²) in [6.45, 7) is 41.9. The number of carbonyl (C=O) groups is 11. The molecule has 1 aliphatic rings. The van der Waals surface area contributed by atoms with Gasteiger partial charge < -0.3 is 59.8 Å². The minimum Gasteiger partial charge on any atom is -0.411 e. The van der Waals surface area contributed by atoms with E-state index in [9.17, 15) is 38.7 Å². The molecule has 1 heterocycles. The molecule has 10 amide bonds. The number of nitrogens with zero attached hydrogens (tertiary/aromatic N) is 7. The van der Waals surface area contributed by atoms with Gasteiger partial charge in [-0.15, -0.1) is 0 Å². The van der Waals surface area contributed by atoms with E-state index in [-0.39, 0.29) is 68.6 Å². The highest BCUT2D eigenvalue weighted by Crippen LogP contribution is 2.40. The smallest absolute Gasteiger partial charge is 0.246 e. The molecule has 1 unspecified atom stereocenters. The van der Waals surface area contributed by atoms with Gasteiger partial charge in [-0.1, -0.05) is 125 Å². The number of amides is 10. The molecule has 0 radical (unpaired) electrons. The van der Waals surface area contributed by atoms with Crippen molar-refractivity contribution in [3.05, 3.63) is 0 Å². The number of aliphatic hydroxyl groups excluding tert-OH is 1. The van der Waals surface area contributed by atoms with E-state index in [0.717, 1.165) is 0 Å². The Labute approximate surface area is 561 Å². The number of carbonyl (C=O) groups excluding carboxylic acids is 11. The molecule has 0 aromatic heterocycles. The summed E-state index contributed by atoms with van der Waals surface area (Å²) in [5, 5.41) is 19.2. The van der Waals surface area contributed by atoms with Crippen molar-refractivity contribution in [2.24, 2.45) is 47.3 Å². The molecule has 0 aromatic carbocycles. The van der Waals surface area contributed by atoms with E-state index in [1.165, 1.54) is 97.5 Å². The van der Waals surface area contributed by atoms with Crippen LogP contribution in [0.15, 0.2) is 0 Å². The number of aliphatic hydroxyl groups is 1. The molecule has 536 valence electrons. The first-order valence-electron chi connectivity index (χ1n) is 34.1. The fourth-order valence-corrected chi connectivity index (χ4v) is 13.4. The maximum Gasteiger partial charge on any atom is 0.246 e. The van der Waals surface area contributed by atoms with E-state index in [4.69, 9.17) is 4.43 Å². The number of hydrogen-bond donors (Lipinski definition) is 4. The van der Waals surface area contributed by atoms with Crippen LogP contribution in [0.3, 0.4) is 0 Å². The highest BCUT2D eigenvalue weighted by molar-refractivity contribution is 6.74. The number of hydrogen-bond acceptors (Lipinski definition) is 13. The predicted molar refractivity (Wildman–Crippen MR) is 367 cm³/mol. The van der Waals surface area contributed by atoms with Gasteiger partial charge in [-0.2, -0.15) is 0 Å². The normalized spacial score (nSPS) is 27.2. The molecule has 1 rings (SSSR count). The summed E-state index contributed by atoms with van der Waals surface area (Å²) in [6, 6.07) is -12.1. The maximum absolute atomic E-state index is 15.8. The van der Waals surface area contributed by atoms with E-state index in [2.05, 4.69) is 16.0 Å². The van der Waals surface area contributed by atoms with Crippen LogP contribution >= 0.6 is 0 Å². The van der Waals surface area contributed by atoms with E-state index in [1.54, 1.807) is 48.5 Å². The van der Waals surface area contributed by atoms with Crippen LogP contribution in [0.4, 0.5) is 0 Å². The lowest BCUT2D eigenvalue weighted by Crippen LogP contribution is -2.65. The van der Waals surface area contributed by atoms with Gasteiger partial charge in [0.05, 0.1) is 18.2 Å². The summed E-state index contributed by atoms with van der Waals surface area (Å²) in [7, 11) is 7.38. The molecule has 0 bridgehead atoms. The SMILES string of the molecule is CC[C@H]1NC(=O)[C@@H]([C@H](O[Si](C)(C)C(C)(C)C)[C@H](C)CC(C)O)N(C)C(=O)[C@@H](C(C)C)N(C)C(=O)[C@@H](CC(C)C)N(C)C(=O)[C@@H](CC(C)C)N(C)C(=O)[C@H](C)CC(=O)[C@@H](C)NC(=O)[C@@H](CC(C)C)N(C)C(=O)[C@@H](C(C)C)NC(=O)[C@H](CC(C)C)N(C)C(=O)[C@@H](C)N(C)C1=O. The number of likely N-dealkylation sites (N-methyl/N-ethyl adjacent to an activating group) is 7. The van der Waals surface area contributed by atoms with E-state index in [1.807, 2.05) is 96.2 Å². The summed E-state index contributed by atoms with van der Waals surface area (Å²) in [4.78, 5) is 173. The van der Waals surface area contributed by atoms with Crippen LogP contribution < -0.4 is 16.0 Å². The monoisotopic (exact) mass is 1330 g/mol. The third-order valence-corrected chi connectivity index (χ3v) is 23.5. The third kappa shape index (κ3) is 23.4. The van der Waals surface area contributed by atoms with Crippen LogP contribution in [0.5, 0.6) is 0 Å². The summed E-state index contributed by atoms with van der Waals surface area (Å²) in [6.07, 6.45) is -1.45. The molecule has 24 heteroatoms. The summed E-state index contributed by atoms with van der Waals surface area (Å²) in [5.74, 6) is -9.98. The molecule has 23 nitrogen and oxygen atoms in total. The van der Waals surface area contributed by atoms with Gasteiger partial charge in [0.25, 0.3) is 0 Å². The van der Waals surface area contributed by atoms with E-state index in [0.29, 0.717) is 0 Å². The molecular weight excluding hydrogens is 1200 g/mol. The molecule has 0 saturated carbocycles. The van der Waals surface area contributed by atoms with Crippen molar-refractivity contribution in [1.29, 1.82) is 0 Å². The number of nitrogens with one attached hydrogen (secondary N) is 3. The van der Waals surface area contributed by atoms with Crippen LogP contribution in [-0.4, -0.2) is 235 Å². The second kappa shape index (κ2) is 36.6. The lowest BCUT2D eigenvalue weighted by atomic mass is 9.90. The average Bonchev–Trinajstić information content (AvgIpc) is 0.792. The largest absolute Gasteiger partial charge is 0.411 e. The molecular formula is C69H128N10O13Si. The van der Waals surface area contributed by atoms with Crippen molar-refractivity contribution in [3.63, 3.8) is 0 Å².